The van der Waals surface area contributed by atoms with Gasteiger partial charge in [-0.2, -0.15) is 0 Å². The molecule has 2 atom stereocenters. The van der Waals surface area contributed by atoms with Gasteiger partial charge in [-0.3, -0.25) is 14.5 Å². The highest BCUT2D eigenvalue weighted by molar-refractivity contribution is 5.89. The van der Waals surface area contributed by atoms with Crippen LogP contribution in [-0.2, 0) is 9.59 Å². The number of nitrogens with one attached hydrogen (secondary N) is 1. The molecule has 0 bridgehead atoms. The first-order valence-electron chi connectivity index (χ1n) is 4.53. The van der Waals surface area contributed by atoms with Crippen molar-refractivity contribution >= 4 is 11.7 Å². The van der Waals surface area contributed by atoms with Crippen molar-refractivity contribution in [3.8, 4) is 0 Å². The summed E-state index contributed by atoms with van der Waals surface area (Å²) in [6.07, 6.45) is 0.710. The van der Waals surface area contributed by atoms with E-state index in [0.29, 0.717) is 6.42 Å². The zero-order valence-electron chi connectivity index (χ0n) is 8.33. The molecule has 1 fully saturated rings. The van der Waals surface area contributed by atoms with Gasteiger partial charge in [-0.15, -0.1) is 0 Å². The molecule has 0 spiro atoms. The Hall–Kier alpha value is -0.900. The molecule has 0 radical (unpaired) electrons. The van der Waals surface area contributed by atoms with Crippen LogP contribution in [-0.4, -0.2) is 42.3 Å². The van der Waals surface area contributed by atoms with E-state index in [-0.39, 0.29) is 23.8 Å². The summed E-state index contributed by atoms with van der Waals surface area (Å²) in [5.74, 6) is -0.0175. The predicted octanol–water partition coefficient (Wildman–Crippen LogP) is -0.216. The van der Waals surface area contributed by atoms with E-state index in [0.717, 1.165) is 6.54 Å². The highest BCUT2D eigenvalue weighted by Crippen LogP contribution is 2.06. The molecule has 0 aromatic rings. The van der Waals surface area contributed by atoms with Gasteiger partial charge in [0.15, 0.2) is 5.78 Å². The molecular formula is C9H16N2O2. The maximum absolute atomic E-state index is 11.4. The molecule has 1 aliphatic heterocycles. The van der Waals surface area contributed by atoms with Crippen LogP contribution in [0, 0.1) is 0 Å². The number of carbonyl (C=O) groups is 2. The predicted molar refractivity (Wildman–Crippen MR) is 49.3 cm³/mol. The van der Waals surface area contributed by atoms with Crippen molar-refractivity contribution in [2.45, 2.75) is 32.4 Å². The first-order chi connectivity index (χ1) is 6.02. The Morgan fingerprint density at radius 2 is 2.23 bits per heavy atom. The number of Topliss-reactive ketones (excluding diaryl/α,β-unsaturated/α-hetero) is 1. The summed E-state index contributed by atoms with van der Waals surface area (Å²) in [6, 6.07) is -0.427. The molecule has 1 aliphatic rings. The minimum Gasteiger partial charge on any atom is -0.345 e. The molecule has 1 N–H and O–H groups in total. The van der Waals surface area contributed by atoms with E-state index in [1.807, 2.05) is 18.9 Å². The highest BCUT2D eigenvalue weighted by atomic mass is 16.2. The zero-order valence-corrected chi connectivity index (χ0v) is 8.33. The number of hydrogen-bond acceptors (Lipinski definition) is 3. The maximum atomic E-state index is 11.4. The van der Waals surface area contributed by atoms with Crippen LogP contribution in [0.2, 0.25) is 0 Å². The average molecular weight is 184 g/mol. The van der Waals surface area contributed by atoms with Crippen LogP contribution >= 0.6 is 0 Å². The Balaban J connectivity index is 2.69. The lowest BCUT2D eigenvalue weighted by Crippen LogP contribution is -2.44. The van der Waals surface area contributed by atoms with Crippen LogP contribution in [0.1, 0.15) is 20.3 Å². The van der Waals surface area contributed by atoms with Crippen LogP contribution < -0.4 is 5.32 Å². The summed E-state index contributed by atoms with van der Waals surface area (Å²) >= 11 is 0. The Morgan fingerprint density at radius 1 is 1.62 bits per heavy atom. The van der Waals surface area contributed by atoms with Gasteiger partial charge in [0.25, 0.3) is 0 Å². The number of likely N-dealkylation sites (N-methyl/N-ethyl adjacent to an activating group) is 1. The topological polar surface area (TPSA) is 49.4 Å². The Labute approximate surface area is 78.3 Å². The van der Waals surface area contributed by atoms with Crippen molar-refractivity contribution in [3.63, 3.8) is 0 Å². The Kier molecular flexibility index (Phi) is 3.03. The molecule has 1 amide bonds. The maximum Gasteiger partial charge on any atom is 0.237 e. The second kappa shape index (κ2) is 3.87. The molecule has 0 aliphatic carbocycles. The van der Waals surface area contributed by atoms with E-state index >= 15 is 0 Å². The number of amides is 1. The standard InChI is InChI=1S/C9H16N2O2/c1-6-9(13)10-8(7(2)12)4-5-11(6)3/h6,8H,4-5H2,1-3H3,(H,10,13). The van der Waals surface area contributed by atoms with Gasteiger partial charge < -0.3 is 5.32 Å². The second-order valence-electron chi connectivity index (χ2n) is 3.62. The molecule has 0 aromatic heterocycles. The number of nitrogens with zero attached hydrogens (tertiary/aromatic N) is 1. The van der Waals surface area contributed by atoms with Crippen LogP contribution in [0.25, 0.3) is 0 Å². The minimum atomic E-state index is -0.292. The first-order valence-corrected chi connectivity index (χ1v) is 4.53. The third-order valence-electron chi connectivity index (χ3n) is 2.62. The molecule has 1 rings (SSSR count). The lowest BCUT2D eigenvalue weighted by atomic mass is 10.1. The minimum absolute atomic E-state index is 0.0378. The molecule has 0 saturated carbocycles. The molecule has 2 unspecified atom stereocenters. The largest absolute Gasteiger partial charge is 0.345 e. The smallest absolute Gasteiger partial charge is 0.237 e. The van der Waals surface area contributed by atoms with Crippen molar-refractivity contribution in [1.29, 1.82) is 0 Å². The van der Waals surface area contributed by atoms with E-state index in [9.17, 15) is 9.59 Å². The third-order valence-corrected chi connectivity index (χ3v) is 2.62. The van der Waals surface area contributed by atoms with Crippen molar-refractivity contribution < 1.29 is 9.59 Å². The Bertz CT molecular complexity index is 228. The fraction of sp³-hybridized carbons (Fsp3) is 0.778. The summed E-state index contributed by atoms with van der Waals surface area (Å²) in [4.78, 5) is 24.5. The van der Waals surface area contributed by atoms with E-state index < -0.39 is 0 Å². The van der Waals surface area contributed by atoms with Crippen molar-refractivity contribution in [1.82, 2.24) is 10.2 Å². The molecule has 74 valence electrons. The second-order valence-corrected chi connectivity index (χ2v) is 3.62. The van der Waals surface area contributed by atoms with Crippen molar-refractivity contribution in [2.24, 2.45) is 0 Å². The van der Waals surface area contributed by atoms with Gasteiger partial charge in [0.2, 0.25) is 5.91 Å². The average Bonchev–Trinajstić information content (AvgIpc) is 2.19. The highest BCUT2D eigenvalue weighted by Gasteiger charge is 2.27. The quantitative estimate of drug-likeness (QED) is 0.613. The molecule has 4 heteroatoms. The van der Waals surface area contributed by atoms with Crippen molar-refractivity contribution in [3.05, 3.63) is 0 Å². The number of hydrogen-bond donors (Lipinski definition) is 1. The third kappa shape index (κ3) is 2.28. The van der Waals surface area contributed by atoms with Crippen molar-refractivity contribution in [2.75, 3.05) is 13.6 Å². The molecule has 4 nitrogen and oxygen atoms in total. The summed E-state index contributed by atoms with van der Waals surface area (Å²) in [7, 11) is 1.90. The van der Waals surface area contributed by atoms with Crippen LogP contribution in [0.5, 0.6) is 0 Å². The van der Waals surface area contributed by atoms with Gasteiger partial charge in [-0.05, 0) is 27.3 Å². The summed E-state index contributed by atoms with van der Waals surface area (Å²) < 4.78 is 0. The van der Waals surface area contributed by atoms with Gasteiger partial charge in [0.05, 0.1) is 12.1 Å². The Morgan fingerprint density at radius 3 is 2.77 bits per heavy atom. The molecule has 13 heavy (non-hydrogen) atoms. The summed E-state index contributed by atoms with van der Waals surface area (Å²) in [5, 5.41) is 2.73. The number of ketones is 1. The van der Waals surface area contributed by atoms with Gasteiger partial charge >= 0.3 is 0 Å². The zero-order chi connectivity index (χ0) is 10.0. The van der Waals surface area contributed by atoms with E-state index in [1.54, 1.807) is 0 Å². The molecule has 1 saturated heterocycles. The van der Waals surface area contributed by atoms with E-state index in [4.69, 9.17) is 0 Å². The lowest BCUT2D eigenvalue weighted by Gasteiger charge is -2.18. The first kappa shape index (κ1) is 10.2. The number of rotatable bonds is 1. The van der Waals surface area contributed by atoms with Gasteiger partial charge in [-0.25, -0.2) is 0 Å². The molecular weight excluding hydrogens is 168 g/mol. The van der Waals surface area contributed by atoms with E-state index in [1.165, 1.54) is 6.92 Å². The van der Waals surface area contributed by atoms with E-state index in [2.05, 4.69) is 5.32 Å². The number of carbonyl (C=O) groups excluding carboxylic acids is 2. The monoisotopic (exact) mass is 184 g/mol. The summed E-state index contributed by atoms with van der Waals surface area (Å²) in [5.41, 5.74) is 0. The molecule has 0 aromatic carbocycles. The van der Waals surface area contributed by atoms with Gasteiger partial charge in [0, 0.05) is 6.54 Å². The normalized spacial score (nSPS) is 30.8. The van der Waals surface area contributed by atoms with Gasteiger partial charge in [0.1, 0.15) is 0 Å². The van der Waals surface area contributed by atoms with Crippen LogP contribution in [0.4, 0.5) is 0 Å². The summed E-state index contributed by atoms with van der Waals surface area (Å²) in [6.45, 7) is 4.14. The molecule has 1 heterocycles. The SMILES string of the molecule is CC(=O)C1CCN(C)C(C)C(=O)N1. The van der Waals surface area contributed by atoms with Gasteiger partial charge in [-0.1, -0.05) is 0 Å². The fourth-order valence-electron chi connectivity index (χ4n) is 1.40. The lowest BCUT2D eigenvalue weighted by molar-refractivity contribution is -0.128. The van der Waals surface area contributed by atoms with Crippen LogP contribution in [0.15, 0.2) is 0 Å². The fourth-order valence-corrected chi connectivity index (χ4v) is 1.40. The van der Waals surface area contributed by atoms with Crippen LogP contribution in [0.3, 0.4) is 0 Å².